The molecule has 1 fully saturated rings. The number of likely N-dealkylation sites (tertiary alicyclic amines) is 1. The van der Waals surface area contributed by atoms with Crippen molar-refractivity contribution in [1.29, 1.82) is 0 Å². The average molecular weight is 300 g/mol. The molecule has 0 aliphatic carbocycles. The molecule has 6 heteroatoms. The topological polar surface area (TPSA) is 52.8 Å². The molecule has 1 rings (SSSR count). The maximum Gasteiger partial charge on any atom is 0.236 e. The van der Waals surface area contributed by atoms with Crippen molar-refractivity contribution in [2.45, 2.75) is 19.3 Å². The van der Waals surface area contributed by atoms with Crippen LogP contribution in [0, 0.1) is 5.92 Å². The monoisotopic (exact) mass is 300 g/mol. The lowest BCUT2D eigenvalue weighted by molar-refractivity contribution is -0.130. The SMILES string of the molecule is CN1CCC(CN(C)CC(=O)N(C)CCC(N)=S)CC1. The molecule has 1 aliphatic heterocycles. The first-order valence-electron chi connectivity index (χ1n) is 7.28. The summed E-state index contributed by atoms with van der Waals surface area (Å²) in [6.07, 6.45) is 3.05. The number of likely N-dealkylation sites (N-methyl/N-ethyl adjacent to an activating group) is 2. The fraction of sp³-hybridized carbons (Fsp3) is 0.857. The van der Waals surface area contributed by atoms with Crippen LogP contribution in [-0.2, 0) is 4.79 Å². The van der Waals surface area contributed by atoms with E-state index in [1.807, 2.05) is 14.1 Å². The zero-order valence-electron chi connectivity index (χ0n) is 13.0. The Morgan fingerprint density at radius 1 is 1.35 bits per heavy atom. The van der Waals surface area contributed by atoms with Gasteiger partial charge in [0, 0.05) is 26.6 Å². The highest BCUT2D eigenvalue weighted by Crippen LogP contribution is 2.16. The maximum atomic E-state index is 12.1. The van der Waals surface area contributed by atoms with Crippen LogP contribution in [0.25, 0.3) is 0 Å². The predicted molar refractivity (Wildman–Crippen MR) is 86.8 cm³/mol. The van der Waals surface area contributed by atoms with Gasteiger partial charge in [-0.15, -0.1) is 0 Å². The molecular formula is C14H28N4OS. The Hall–Kier alpha value is -0.720. The van der Waals surface area contributed by atoms with E-state index in [-0.39, 0.29) is 5.91 Å². The predicted octanol–water partition coefficient (Wildman–Crippen LogP) is 0.395. The van der Waals surface area contributed by atoms with E-state index < -0.39 is 0 Å². The van der Waals surface area contributed by atoms with Crippen LogP contribution in [0.15, 0.2) is 0 Å². The fourth-order valence-corrected chi connectivity index (χ4v) is 2.60. The lowest BCUT2D eigenvalue weighted by atomic mass is 9.97. The van der Waals surface area contributed by atoms with Gasteiger partial charge < -0.3 is 15.5 Å². The van der Waals surface area contributed by atoms with Gasteiger partial charge in [0.05, 0.1) is 11.5 Å². The number of hydrogen-bond donors (Lipinski definition) is 1. The van der Waals surface area contributed by atoms with Crippen molar-refractivity contribution in [3.8, 4) is 0 Å². The summed E-state index contributed by atoms with van der Waals surface area (Å²) in [7, 11) is 6.00. The number of amides is 1. The molecule has 0 aromatic heterocycles. The van der Waals surface area contributed by atoms with Gasteiger partial charge >= 0.3 is 0 Å². The second-order valence-corrected chi connectivity index (χ2v) is 6.50. The van der Waals surface area contributed by atoms with Crippen molar-refractivity contribution >= 4 is 23.1 Å². The Balaban J connectivity index is 2.25. The van der Waals surface area contributed by atoms with Crippen LogP contribution >= 0.6 is 12.2 Å². The molecule has 0 aromatic carbocycles. The minimum absolute atomic E-state index is 0.136. The molecule has 1 amide bonds. The standard InChI is InChI=1S/C14H28N4OS/c1-16-7-4-12(5-8-16)10-17(2)11-14(19)18(3)9-6-13(15)20/h12H,4-11H2,1-3H3,(H2,15,20). The third-order valence-electron chi connectivity index (χ3n) is 3.93. The minimum Gasteiger partial charge on any atom is -0.393 e. The molecule has 2 N–H and O–H groups in total. The molecule has 0 bridgehead atoms. The normalized spacial score (nSPS) is 17.4. The van der Waals surface area contributed by atoms with E-state index in [2.05, 4.69) is 16.8 Å². The lowest BCUT2D eigenvalue weighted by Gasteiger charge is -2.32. The summed E-state index contributed by atoms with van der Waals surface area (Å²) in [6, 6.07) is 0. The third-order valence-corrected chi connectivity index (χ3v) is 4.14. The summed E-state index contributed by atoms with van der Waals surface area (Å²) in [4.78, 5) is 18.7. The molecule has 20 heavy (non-hydrogen) atoms. The Morgan fingerprint density at radius 3 is 2.50 bits per heavy atom. The quantitative estimate of drug-likeness (QED) is 0.690. The largest absolute Gasteiger partial charge is 0.393 e. The van der Waals surface area contributed by atoms with Crippen molar-refractivity contribution in [3.05, 3.63) is 0 Å². The van der Waals surface area contributed by atoms with Crippen LogP contribution in [0.2, 0.25) is 0 Å². The first kappa shape index (κ1) is 17.3. The summed E-state index contributed by atoms with van der Waals surface area (Å²) in [5.74, 6) is 0.850. The van der Waals surface area contributed by atoms with Gasteiger partial charge in [-0.1, -0.05) is 12.2 Å². The first-order chi connectivity index (χ1) is 9.38. The molecule has 0 aromatic rings. The van der Waals surface area contributed by atoms with E-state index in [4.69, 9.17) is 18.0 Å². The van der Waals surface area contributed by atoms with Gasteiger partial charge in [0.1, 0.15) is 0 Å². The van der Waals surface area contributed by atoms with Gasteiger partial charge in [-0.05, 0) is 45.9 Å². The molecule has 1 saturated heterocycles. The minimum atomic E-state index is 0.136. The van der Waals surface area contributed by atoms with E-state index in [1.165, 1.54) is 25.9 Å². The summed E-state index contributed by atoms with van der Waals surface area (Å²) in [5, 5.41) is 0. The molecule has 0 spiro atoms. The van der Waals surface area contributed by atoms with Crippen molar-refractivity contribution in [2.75, 3.05) is 53.9 Å². The van der Waals surface area contributed by atoms with Crippen molar-refractivity contribution in [3.63, 3.8) is 0 Å². The van der Waals surface area contributed by atoms with Gasteiger partial charge in [-0.3, -0.25) is 9.69 Å². The highest BCUT2D eigenvalue weighted by Gasteiger charge is 2.19. The number of rotatable bonds is 7. The Labute approximate surface area is 128 Å². The molecule has 0 saturated carbocycles. The van der Waals surface area contributed by atoms with E-state index in [9.17, 15) is 4.79 Å². The maximum absolute atomic E-state index is 12.1. The second-order valence-electron chi connectivity index (χ2n) is 5.98. The fourth-order valence-electron chi connectivity index (χ4n) is 2.50. The van der Waals surface area contributed by atoms with Gasteiger partial charge in [-0.25, -0.2) is 0 Å². The van der Waals surface area contributed by atoms with Crippen LogP contribution < -0.4 is 5.73 Å². The number of carbonyl (C=O) groups is 1. The zero-order chi connectivity index (χ0) is 15.1. The van der Waals surface area contributed by atoms with Crippen LogP contribution in [0.1, 0.15) is 19.3 Å². The summed E-state index contributed by atoms with van der Waals surface area (Å²) in [5.41, 5.74) is 5.46. The van der Waals surface area contributed by atoms with Gasteiger partial charge in [-0.2, -0.15) is 0 Å². The average Bonchev–Trinajstić information content (AvgIpc) is 2.38. The zero-order valence-corrected chi connectivity index (χ0v) is 13.8. The smallest absolute Gasteiger partial charge is 0.236 e. The van der Waals surface area contributed by atoms with E-state index in [0.717, 1.165) is 6.54 Å². The molecule has 0 radical (unpaired) electrons. The number of hydrogen-bond acceptors (Lipinski definition) is 4. The van der Waals surface area contributed by atoms with E-state index >= 15 is 0 Å². The Morgan fingerprint density at radius 2 is 1.95 bits per heavy atom. The number of nitrogens with zero attached hydrogens (tertiary/aromatic N) is 3. The molecule has 5 nitrogen and oxygen atoms in total. The van der Waals surface area contributed by atoms with Crippen molar-refractivity contribution < 1.29 is 4.79 Å². The van der Waals surface area contributed by atoms with Crippen LogP contribution in [0.5, 0.6) is 0 Å². The van der Waals surface area contributed by atoms with Crippen LogP contribution in [0.4, 0.5) is 0 Å². The van der Waals surface area contributed by atoms with Crippen molar-refractivity contribution in [2.24, 2.45) is 11.7 Å². The highest BCUT2D eigenvalue weighted by molar-refractivity contribution is 7.80. The second kappa shape index (κ2) is 8.54. The van der Waals surface area contributed by atoms with E-state index in [1.54, 1.807) is 4.90 Å². The number of thiocarbonyl (C=S) groups is 1. The van der Waals surface area contributed by atoms with Crippen LogP contribution in [0.3, 0.4) is 0 Å². The molecule has 0 atom stereocenters. The Bertz CT molecular complexity index is 329. The molecular weight excluding hydrogens is 272 g/mol. The van der Waals surface area contributed by atoms with Crippen LogP contribution in [-0.4, -0.2) is 79.5 Å². The lowest BCUT2D eigenvalue weighted by Crippen LogP contribution is -2.41. The number of piperidine rings is 1. The van der Waals surface area contributed by atoms with Gasteiger partial charge in [0.15, 0.2) is 0 Å². The Kier molecular flexibility index (Phi) is 7.40. The summed E-state index contributed by atoms with van der Waals surface area (Å²) in [6.45, 7) is 4.42. The summed E-state index contributed by atoms with van der Waals surface area (Å²) < 4.78 is 0. The molecule has 1 heterocycles. The first-order valence-corrected chi connectivity index (χ1v) is 7.68. The van der Waals surface area contributed by atoms with E-state index in [0.29, 0.717) is 30.4 Å². The van der Waals surface area contributed by atoms with Crippen molar-refractivity contribution in [1.82, 2.24) is 14.7 Å². The van der Waals surface area contributed by atoms with Gasteiger partial charge in [0.2, 0.25) is 5.91 Å². The highest BCUT2D eigenvalue weighted by atomic mass is 32.1. The van der Waals surface area contributed by atoms with Gasteiger partial charge in [0.25, 0.3) is 0 Å². The number of carbonyl (C=O) groups excluding carboxylic acids is 1. The third kappa shape index (κ3) is 6.63. The summed E-state index contributed by atoms with van der Waals surface area (Å²) >= 11 is 4.83. The molecule has 0 unspecified atom stereocenters. The molecule has 116 valence electrons. The molecule has 1 aliphatic rings. The number of nitrogens with two attached hydrogens (primary N) is 1.